The number of hydrogen-bond acceptors (Lipinski definition) is 3. The van der Waals surface area contributed by atoms with Gasteiger partial charge in [0.25, 0.3) is 0 Å². The van der Waals surface area contributed by atoms with Crippen LogP contribution >= 0.6 is 0 Å². The van der Waals surface area contributed by atoms with E-state index in [2.05, 4.69) is 0 Å². The van der Waals surface area contributed by atoms with Gasteiger partial charge in [-0.1, -0.05) is 37.3 Å². The summed E-state index contributed by atoms with van der Waals surface area (Å²) in [6.07, 6.45) is 3.09. The summed E-state index contributed by atoms with van der Waals surface area (Å²) in [6, 6.07) is 9.78. The molecular weight excluding hydrogens is 254 g/mol. The molecule has 1 aliphatic rings. The molecule has 0 saturated carbocycles. The second-order valence-corrected chi connectivity index (χ2v) is 5.32. The summed E-state index contributed by atoms with van der Waals surface area (Å²) in [6.45, 7) is 3.04. The highest BCUT2D eigenvalue weighted by molar-refractivity contribution is 5.68. The van der Waals surface area contributed by atoms with E-state index in [0.29, 0.717) is 13.0 Å². The molecule has 20 heavy (non-hydrogen) atoms. The summed E-state index contributed by atoms with van der Waals surface area (Å²) < 4.78 is 5.37. The number of aldehydes is 1. The van der Waals surface area contributed by atoms with Gasteiger partial charge in [0.1, 0.15) is 12.9 Å². The third-order valence-corrected chi connectivity index (χ3v) is 3.86. The number of hydrogen-bond donors (Lipinski definition) is 0. The average molecular weight is 275 g/mol. The first-order valence-electron chi connectivity index (χ1n) is 7.13. The fourth-order valence-corrected chi connectivity index (χ4v) is 2.72. The molecule has 2 unspecified atom stereocenters. The van der Waals surface area contributed by atoms with Gasteiger partial charge in [-0.05, 0) is 24.3 Å². The molecule has 1 aromatic carbocycles. The standard InChI is InChI=1S/C16H21NO3/c1-13(9-11-18)15-8-5-10-17(15)16(19)20-12-14-6-3-2-4-7-14/h2-4,6-7,11,13,15H,5,8-10,12H2,1H3. The molecule has 0 bridgehead atoms. The Morgan fingerprint density at radius 2 is 2.20 bits per heavy atom. The zero-order chi connectivity index (χ0) is 14.4. The van der Waals surface area contributed by atoms with Crippen LogP contribution in [-0.4, -0.2) is 29.9 Å². The summed E-state index contributed by atoms with van der Waals surface area (Å²) >= 11 is 0. The maximum absolute atomic E-state index is 12.2. The van der Waals surface area contributed by atoms with Crippen molar-refractivity contribution in [3.8, 4) is 0 Å². The molecule has 1 amide bonds. The molecule has 1 aromatic rings. The second kappa shape index (κ2) is 7.08. The predicted molar refractivity (Wildman–Crippen MR) is 76.2 cm³/mol. The van der Waals surface area contributed by atoms with Gasteiger partial charge in [-0.3, -0.25) is 0 Å². The number of benzene rings is 1. The normalized spacial score (nSPS) is 19.6. The number of nitrogens with zero attached hydrogens (tertiary/aromatic N) is 1. The third kappa shape index (κ3) is 3.59. The highest BCUT2D eigenvalue weighted by atomic mass is 16.6. The number of amides is 1. The van der Waals surface area contributed by atoms with Crippen LogP contribution in [0.25, 0.3) is 0 Å². The van der Waals surface area contributed by atoms with Gasteiger partial charge in [0.2, 0.25) is 0 Å². The topological polar surface area (TPSA) is 46.6 Å². The largest absolute Gasteiger partial charge is 0.445 e. The van der Waals surface area contributed by atoms with E-state index in [9.17, 15) is 9.59 Å². The smallest absolute Gasteiger partial charge is 0.410 e. The van der Waals surface area contributed by atoms with E-state index in [1.54, 1.807) is 4.90 Å². The molecule has 2 rings (SSSR count). The molecule has 2 atom stereocenters. The molecule has 4 nitrogen and oxygen atoms in total. The Balaban J connectivity index is 1.89. The van der Waals surface area contributed by atoms with Gasteiger partial charge in [-0.15, -0.1) is 0 Å². The fraction of sp³-hybridized carbons (Fsp3) is 0.500. The van der Waals surface area contributed by atoms with Crippen LogP contribution in [0.4, 0.5) is 4.79 Å². The van der Waals surface area contributed by atoms with Gasteiger partial charge < -0.3 is 14.4 Å². The van der Waals surface area contributed by atoms with Gasteiger partial charge >= 0.3 is 6.09 Å². The number of likely N-dealkylation sites (tertiary alicyclic amines) is 1. The maximum atomic E-state index is 12.2. The van der Waals surface area contributed by atoms with Gasteiger partial charge in [0, 0.05) is 19.0 Å². The van der Waals surface area contributed by atoms with E-state index in [1.165, 1.54) is 0 Å². The van der Waals surface area contributed by atoms with Crippen LogP contribution in [0.5, 0.6) is 0 Å². The third-order valence-electron chi connectivity index (χ3n) is 3.86. The fourth-order valence-electron chi connectivity index (χ4n) is 2.72. The van der Waals surface area contributed by atoms with Crippen LogP contribution in [0.2, 0.25) is 0 Å². The van der Waals surface area contributed by atoms with Crippen LogP contribution in [0, 0.1) is 5.92 Å². The molecule has 1 fully saturated rings. The van der Waals surface area contributed by atoms with E-state index in [1.807, 2.05) is 37.3 Å². The van der Waals surface area contributed by atoms with Crippen molar-refractivity contribution in [3.05, 3.63) is 35.9 Å². The molecule has 4 heteroatoms. The summed E-state index contributed by atoms with van der Waals surface area (Å²) in [5.74, 6) is 0.194. The highest BCUT2D eigenvalue weighted by Crippen LogP contribution is 2.26. The van der Waals surface area contributed by atoms with Crippen molar-refractivity contribution in [1.82, 2.24) is 4.90 Å². The minimum absolute atomic E-state index is 0.128. The van der Waals surface area contributed by atoms with Crippen LogP contribution < -0.4 is 0 Å². The molecule has 0 aliphatic carbocycles. The molecule has 1 heterocycles. The molecule has 108 valence electrons. The summed E-state index contributed by atoms with van der Waals surface area (Å²) in [7, 11) is 0. The van der Waals surface area contributed by atoms with Crippen LogP contribution in [0.3, 0.4) is 0 Å². The van der Waals surface area contributed by atoms with E-state index < -0.39 is 0 Å². The Morgan fingerprint density at radius 3 is 2.90 bits per heavy atom. The first kappa shape index (κ1) is 14.6. The van der Waals surface area contributed by atoms with Crippen molar-refractivity contribution in [2.24, 2.45) is 5.92 Å². The zero-order valence-corrected chi connectivity index (χ0v) is 11.8. The summed E-state index contributed by atoms with van der Waals surface area (Å²) in [5.41, 5.74) is 0.984. The highest BCUT2D eigenvalue weighted by Gasteiger charge is 2.33. The first-order valence-corrected chi connectivity index (χ1v) is 7.13. The molecule has 0 spiro atoms. The molecule has 0 aromatic heterocycles. The quantitative estimate of drug-likeness (QED) is 0.776. The lowest BCUT2D eigenvalue weighted by Gasteiger charge is -2.28. The average Bonchev–Trinajstić information content (AvgIpc) is 2.96. The number of ether oxygens (including phenoxy) is 1. The first-order chi connectivity index (χ1) is 9.72. The van der Waals surface area contributed by atoms with Gasteiger partial charge in [0.05, 0.1) is 0 Å². The molecule has 0 N–H and O–H groups in total. The van der Waals surface area contributed by atoms with Crippen molar-refractivity contribution in [2.75, 3.05) is 6.54 Å². The van der Waals surface area contributed by atoms with Crippen LogP contribution in [0.1, 0.15) is 31.7 Å². The van der Waals surface area contributed by atoms with Crippen molar-refractivity contribution in [1.29, 1.82) is 0 Å². The van der Waals surface area contributed by atoms with Gasteiger partial charge in [-0.2, -0.15) is 0 Å². The lowest BCUT2D eigenvalue weighted by molar-refractivity contribution is -0.108. The van der Waals surface area contributed by atoms with E-state index in [-0.39, 0.29) is 18.1 Å². The molecule has 1 saturated heterocycles. The lowest BCUT2D eigenvalue weighted by Crippen LogP contribution is -2.39. The van der Waals surface area contributed by atoms with Crippen molar-refractivity contribution in [2.45, 2.75) is 38.8 Å². The molecule has 1 aliphatic heterocycles. The number of rotatable bonds is 5. The Hall–Kier alpha value is -1.84. The molecular formula is C16H21NO3. The van der Waals surface area contributed by atoms with Crippen molar-refractivity contribution < 1.29 is 14.3 Å². The Kier molecular flexibility index (Phi) is 5.16. The van der Waals surface area contributed by atoms with Crippen LogP contribution in [0.15, 0.2) is 30.3 Å². The van der Waals surface area contributed by atoms with Crippen molar-refractivity contribution in [3.63, 3.8) is 0 Å². The minimum atomic E-state index is -0.269. The summed E-state index contributed by atoms with van der Waals surface area (Å²) in [4.78, 5) is 24.6. The van der Waals surface area contributed by atoms with E-state index in [0.717, 1.165) is 31.2 Å². The number of carbonyl (C=O) groups is 2. The van der Waals surface area contributed by atoms with Gasteiger partial charge in [-0.25, -0.2) is 4.79 Å². The molecule has 0 radical (unpaired) electrons. The Labute approximate surface area is 119 Å². The Morgan fingerprint density at radius 1 is 1.45 bits per heavy atom. The summed E-state index contributed by atoms with van der Waals surface area (Å²) in [5, 5.41) is 0. The van der Waals surface area contributed by atoms with E-state index >= 15 is 0 Å². The number of carbonyl (C=O) groups excluding carboxylic acids is 2. The minimum Gasteiger partial charge on any atom is -0.445 e. The zero-order valence-electron chi connectivity index (χ0n) is 11.8. The lowest BCUT2D eigenvalue weighted by atomic mass is 9.97. The second-order valence-electron chi connectivity index (χ2n) is 5.32. The monoisotopic (exact) mass is 275 g/mol. The predicted octanol–water partition coefficient (Wildman–Crippen LogP) is 3.01. The van der Waals surface area contributed by atoms with Crippen LogP contribution in [-0.2, 0) is 16.1 Å². The van der Waals surface area contributed by atoms with E-state index in [4.69, 9.17) is 4.74 Å². The SMILES string of the molecule is CC(CC=O)C1CCCN1C(=O)OCc1ccccc1. The maximum Gasteiger partial charge on any atom is 0.410 e. The van der Waals surface area contributed by atoms with Gasteiger partial charge in [0.15, 0.2) is 0 Å². The van der Waals surface area contributed by atoms with Crippen molar-refractivity contribution >= 4 is 12.4 Å². The Bertz CT molecular complexity index is 446.